The van der Waals surface area contributed by atoms with Gasteiger partial charge < -0.3 is 34.0 Å². The van der Waals surface area contributed by atoms with Crippen LogP contribution in [-0.2, 0) is 28.5 Å². The fourth-order valence-corrected chi connectivity index (χ4v) is 9.97. The molecule has 12 atom stereocenters. The van der Waals surface area contributed by atoms with Crippen LogP contribution in [0.4, 0.5) is 0 Å². The van der Waals surface area contributed by atoms with Gasteiger partial charge in [0.05, 0.1) is 18.1 Å². The molecule has 2 saturated heterocycles. The number of rotatable bonds is 6. The molecule has 2 aliphatic heterocycles. The van der Waals surface area contributed by atoms with Gasteiger partial charge in [-0.3, -0.25) is 4.79 Å². The van der Waals surface area contributed by atoms with Crippen LogP contribution in [0.3, 0.4) is 0 Å². The monoisotopic (exact) mass is 518 g/mol. The second kappa shape index (κ2) is 8.10. The SMILES string of the molecule is CC(C)C1=CC2CC3(C=O)[C@@H]4CC[C@@H](C)[C@H]4CC2(CO[C@@H]2O[C@H](C)C4OC(C)(C)OC4[C@@H]2O)C13C(=O)O. The van der Waals surface area contributed by atoms with Gasteiger partial charge in [-0.25, -0.2) is 0 Å². The number of carbonyl (C=O) groups excluding carboxylic acids is 1. The molecule has 6 rings (SSSR count). The van der Waals surface area contributed by atoms with Crippen molar-refractivity contribution >= 4 is 12.3 Å². The lowest BCUT2D eigenvalue weighted by atomic mass is 9.43. The van der Waals surface area contributed by atoms with E-state index < -0.39 is 52.6 Å². The zero-order valence-electron chi connectivity index (χ0n) is 22.8. The lowest BCUT2D eigenvalue weighted by Gasteiger charge is -2.58. The minimum absolute atomic E-state index is 0.000883. The van der Waals surface area contributed by atoms with Crippen LogP contribution in [-0.4, -0.2) is 65.6 Å². The number of fused-ring (bicyclic) bond motifs is 3. The number of ether oxygens (including phenoxy) is 4. The van der Waals surface area contributed by atoms with E-state index in [-0.39, 0.29) is 36.4 Å². The summed E-state index contributed by atoms with van der Waals surface area (Å²) in [6, 6.07) is 0. The number of aliphatic hydroxyl groups excluding tert-OH is 1. The Labute approximate surface area is 219 Å². The van der Waals surface area contributed by atoms with E-state index in [1.54, 1.807) is 0 Å². The molecule has 6 unspecified atom stereocenters. The zero-order chi connectivity index (χ0) is 26.7. The van der Waals surface area contributed by atoms with Crippen molar-refractivity contribution in [2.24, 2.45) is 45.8 Å². The van der Waals surface area contributed by atoms with Crippen molar-refractivity contribution in [3.8, 4) is 0 Å². The fraction of sp³-hybridized carbons (Fsp3) is 0.862. The lowest BCUT2D eigenvalue weighted by molar-refractivity contribution is -0.287. The average molecular weight is 519 g/mol. The molecule has 4 aliphatic carbocycles. The third-order valence-electron chi connectivity index (χ3n) is 11.2. The predicted octanol–water partition coefficient (Wildman–Crippen LogP) is 3.55. The molecular formula is C29H42O8. The Morgan fingerprint density at radius 3 is 2.54 bits per heavy atom. The maximum absolute atomic E-state index is 13.6. The topological polar surface area (TPSA) is 112 Å². The number of carbonyl (C=O) groups is 2. The molecule has 8 nitrogen and oxygen atoms in total. The number of hydrogen-bond acceptors (Lipinski definition) is 7. The highest BCUT2D eigenvalue weighted by molar-refractivity contribution is 5.90. The van der Waals surface area contributed by atoms with Gasteiger partial charge in [-0.15, -0.1) is 0 Å². The van der Waals surface area contributed by atoms with Gasteiger partial charge in [-0.05, 0) is 69.6 Å². The molecule has 37 heavy (non-hydrogen) atoms. The summed E-state index contributed by atoms with van der Waals surface area (Å²) in [5, 5.41) is 22.3. The summed E-state index contributed by atoms with van der Waals surface area (Å²) >= 11 is 0. The van der Waals surface area contributed by atoms with E-state index in [0.29, 0.717) is 18.8 Å². The van der Waals surface area contributed by atoms with Gasteiger partial charge in [0.1, 0.15) is 30.0 Å². The maximum atomic E-state index is 13.6. The van der Waals surface area contributed by atoms with Crippen molar-refractivity contribution in [1.29, 1.82) is 0 Å². The van der Waals surface area contributed by atoms with Gasteiger partial charge in [0.15, 0.2) is 12.1 Å². The highest BCUT2D eigenvalue weighted by atomic mass is 16.8. The average Bonchev–Trinajstić information content (AvgIpc) is 3.50. The summed E-state index contributed by atoms with van der Waals surface area (Å²) in [5.74, 6) is -1.04. The quantitative estimate of drug-likeness (QED) is 0.406. The number of aliphatic carboxylic acids is 1. The second-order valence-electron chi connectivity index (χ2n) is 13.6. The van der Waals surface area contributed by atoms with Gasteiger partial charge in [0.2, 0.25) is 0 Å². The van der Waals surface area contributed by atoms with E-state index in [1.165, 1.54) is 0 Å². The predicted molar refractivity (Wildman–Crippen MR) is 132 cm³/mol. The Morgan fingerprint density at radius 1 is 1.19 bits per heavy atom. The van der Waals surface area contributed by atoms with Crippen molar-refractivity contribution in [1.82, 2.24) is 0 Å². The molecular weight excluding hydrogens is 476 g/mol. The summed E-state index contributed by atoms with van der Waals surface area (Å²) in [6.45, 7) is 11.9. The van der Waals surface area contributed by atoms with Crippen molar-refractivity contribution in [3.05, 3.63) is 11.6 Å². The number of allylic oxidation sites excluding steroid dienone is 1. The lowest BCUT2D eigenvalue weighted by Crippen LogP contribution is -2.64. The molecule has 0 aromatic heterocycles. The molecule has 0 spiro atoms. The Kier molecular flexibility index (Phi) is 5.68. The highest BCUT2D eigenvalue weighted by Gasteiger charge is 2.84. The summed E-state index contributed by atoms with van der Waals surface area (Å²) in [7, 11) is 0. The van der Waals surface area contributed by atoms with Gasteiger partial charge in [-0.2, -0.15) is 0 Å². The molecule has 206 valence electrons. The molecule has 0 radical (unpaired) electrons. The third kappa shape index (κ3) is 3.02. The fourth-order valence-electron chi connectivity index (χ4n) is 9.97. The molecule has 3 saturated carbocycles. The van der Waals surface area contributed by atoms with Gasteiger partial charge in [0.25, 0.3) is 0 Å². The normalized spacial score (nSPS) is 53.2. The molecule has 5 fully saturated rings. The third-order valence-corrected chi connectivity index (χ3v) is 11.2. The first-order chi connectivity index (χ1) is 17.3. The van der Waals surface area contributed by atoms with Crippen LogP contribution in [0.5, 0.6) is 0 Å². The smallest absolute Gasteiger partial charge is 0.315 e. The number of carboxylic acids is 1. The van der Waals surface area contributed by atoms with Crippen LogP contribution in [0.15, 0.2) is 11.6 Å². The highest BCUT2D eigenvalue weighted by Crippen LogP contribution is 2.82. The van der Waals surface area contributed by atoms with Gasteiger partial charge in [0, 0.05) is 5.41 Å². The van der Waals surface area contributed by atoms with E-state index in [0.717, 1.165) is 24.7 Å². The molecule has 0 amide bonds. The standard InChI is InChI=1S/C29H42O8/c1-14(2)20-9-17-10-27(12-30)19-8-7-15(3)18(19)11-28(17,29(20,27)25(32)33)13-34-24-21(31)23-22(16(4)35-24)36-26(5,6)37-23/h9,12,14-19,21-24,31H,7-8,10-11,13H2,1-6H3,(H,32,33)/t15-,16-,17?,18-,19-,21+,22?,23?,24-,27?,28?,29?/m1/s1. The van der Waals surface area contributed by atoms with Gasteiger partial charge >= 0.3 is 5.97 Å². The van der Waals surface area contributed by atoms with Gasteiger partial charge in [-0.1, -0.05) is 38.8 Å². The number of aldehydes is 1. The Balaban J connectivity index is 1.39. The van der Waals surface area contributed by atoms with Crippen molar-refractivity contribution in [2.45, 2.75) is 104 Å². The van der Waals surface area contributed by atoms with Crippen molar-refractivity contribution < 1.29 is 38.7 Å². The molecule has 0 aromatic rings. The Morgan fingerprint density at radius 2 is 1.89 bits per heavy atom. The number of aliphatic hydroxyl groups is 1. The van der Waals surface area contributed by atoms with Crippen LogP contribution in [0, 0.1) is 45.8 Å². The van der Waals surface area contributed by atoms with E-state index in [9.17, 15) is 19.8 Å². The number of carboxylic acid groups (broad SMARTS) is 1. The van der Waals surface area contributed by atoms with Crippen LogP contribution < -0.4 is 0 Å². The minimum atomic E-state index is -1.31. The Hall–Kier alpha value is -1.32. The molecule has 8 heteroatoms. The first-order valence-corrected chi connectivity index (χ1v) is 14.1. The summed E-state index contributed by atoms with van der Waals surface area (Å²) < 4.78 is 24.5. The molecule has 2 N–H and O–H groups in total. The van der Waals surface area contributed by atoms with E-state index in [1.807, 2.05) is 34.6 Å². The van der Waals surface area contributed by atoms with E-state index >= 15 is 0 Å². The van der Waals surface area contributed by atoms with E-state index in [2.05, 4.69) is 13.0 Å². The molecule has 6 aliphatic rings. The van der Waals surface area contributed by atoms with Crippen LogP contribution in [0.2, 0.25) is 0 Å². The summed E-state index contributed by atoms with van der Waals surface area (Å²) in [5.41, 5.74) is -2.15. The molecule has 4 bridgehead atoms. The van der Waals surface area contributed by atoms with Crippen molar-refractivity contribution in [2.75, 3.05) is 6.61 Å². The van der Waals surface area contributed by atoms with E-state index in [4.69, 9.17) is 18.9 Å². The van der Waals surface area contributed by atoms with Crippen LogP contribution in [0.25, 0.3) is 0 Å². The summed E-state index contributed by atoms with van der Waals surface area (Å²) in [6.07, 6.45) is 2.92. The first-order valence-electron chi connectivity index (χ1n) is 14.1. The van der Waals surface area contributed by atoms with Crippen LogP contribution >= 0.6 is 0 Å². The molecule has 2 heterocycles. The second-order valence-corrected chi connectivity index (χ2v) is 13.6. The number of hydrogen-bond donors (Lipinski definition) is 2. The maximum Gasteiger partial charge on any atom is 0.315 e. The van der Waals surface area contributed by atoms with Crippen LogP contribution in [0.1, 0.15) is 67.2 Å². The Bertz CT molecular complexity index is 1020. The van der Waals surface area contributed by atoms with Crippen molar-refractivity contribution in [3.63, 3.8) is 0 Å². The first kappa shape index (κ1) is 25.9. The minimum Gasteiger partial charge on any atom is -0.481 e. The zero-order valence-corrected chi connectivity index (χ0v) is 22.8. The summed E-state index contributed by atoms with van der Waals surface area (Å²) in [4.78, 5) is 26.7. The largest absolute Gasteiger partial charge is 0.481 e. The molecule has 0 aromatic carbocycles.